The van der Waals surface area contributed by atoms with Crippen molar-refractivity contribution in [3.8, 4) is 0 Å². The van der Waals surface area contributed by atoms with Gasteiger partial charge in [0.05, 0.1) is 0 Å². The molecule has 1 aromatic rings. The largest absolute Gasteiger partial charge is 0.478 e. The minimum absolute atomic E-state index is 0.554. The zero-order chi connectivity index (χ0) is 14.5. The van der Waals surface area contributed by atoms with E-state index in [1.165, 1.54) is 31.8 Å². The van der Waals surface area contributed by atoms with Crippen LogP contribution in [0.15, 0.2) is 30.3 Å². The van der Waals surface area contributed by atoms with Crippen molar-refractivity contribution in [2.24, 2.45) is 5.92 Å². The number of rotatable bonds is 4. The fourth-order valence-electron chi connectivity index (χ4n) is 3.06. The van der Waals surface area contributed by atoms with Gasteiger partial charge in [-0.1, -0.05) is 38.0 Å². The third-order valence-corrected chi connectivity index (χ3v) is 4.18. The molecule has 3 nitrogen and oxygen atoms in total. The third-order valence-electron chi connectivity index (χ3n) is 4.18. The average molecular weight is 273 g/mol. The summed E-state index contributed by atoms with van der Waals surface area (Å²) in [4.78, 5) is 13.0. The number of aliphatic carboxylic acids is 1. The summed E-state index contributed by atoms with van der Waals surface area (Å²) in [5.41, 5.74) is 2.08. The molecule has 1 fully saturated rings. The van der Waals surface area contributed by atoms with Gasteiger partial charge in [0.15, 0.2) is 0 Å². The second-order valence-electron chi connectivity index (χ2n) is 5.77. The van der Waals surface area contributed by atoms with Crippen molar-refractivity contribution in [2.75, 3.05) is 11.9 Å². The Bertz CT molecular complexity index is 496. The van der Waals surface area contributed by atoms with E-state index in [0.29, 0.717) is 6.04 Å². The van der Waals surface area contributed by atoms with Crippen molar-refractivity contribution >= 4 is 17.7 Å². The number of para-hydroxylation sites is 1. The molecule has 108 valence electrons. The number of carboxylic acid groups (broad SMARTS) is 1. The molecule has 2 unspecified atom stereocenters. The van der Waals surface area contributed by atoms with Gasteiger partial charge in [-0.2, -0.15) is 0 Å². The molecule has 1 aliphatic carbocycles. The summed E-state index contributed by atoms with van der Waals surface area (Å²) in [6, 6.07) is 8.55. The van der Waals surface area contributed by atoms with Gasteiger partial charge in [0.2, 0.25) is 0 Å². The maximum absolute atomic E-state index is 10.7. The Kier molecular flexibility index (Phi) is 4.83. The highest BCUT2D eigenvalue weighted by Crippen LogP contribution is 2.31. The zero-order valence-electron chi connectivity index (χ0n) is 12.2. The van der Waals surface area contributed by atoms with Gasteiger partial charge < -0.3 is 10.0 Å². The minimum atomic E-state index is -0.909. The molecule has 1 aliphatic rings. The lowest BCUT2D eigenvalue weighted by molar-refractivity contribution is -0.131. The van der Waals surface area contributed by atoms with E-state index in [9.17, 15) is 4.79 Å². The lowest BCUT2D eigenvalue weighted by atomic mass is 9.86. The lowest BCUT2D eigenvalue weighted by Gasteiger charge is -2.36. The summed E-state index contributed by atoms with van der Waals surface area (Å²) in [7, 11) is 2.12. The summed E-state index contributed by atoms with van der Waals surface area (Å²) < 4.78 is 0. The number of hydrogen-bond donors (Lipinski definition) is 1. The molecule has 0 heterocycles. The first-order chi connectivity index (χ1) is 9.58. The highest BCUT2D eigenvalue weighted by molar-refractivity contribution is 5.87. The van der Waals surface area contributed by atoms with Crippen LogP contribution in [0.1, 0.15) is 38.2 Å². The molecule has 0 saturated heterocycles. The number of hydrogen-bond acceptors (Lipinski definition) is 2. The second kappa shape index (κ2) is 6.60. The van der Waals surface area contributed by atoms with Gasteiger partial charge in [0, 0.05) is 24.9 Å². The van der Waals surface area contributed by atoms with Gasteiger partial charge in [-0.15, -0.1) is 0 Å². The predicted molar refractivity (Wildman–Crippen MR) is 82.9 cm³/mol. The predicted octanol–water partition coefficient (Wildman–Crippen LogP) is 3.80. The molecule has 0 aliphatic heterocycles. The van der Waals surface area contributed by atoms with Gasteiger partial charge >= 0.3 is 5.97 Å². The molecule has 0 bridgehead atoms. The van der Waals surface area contributed by atoms with Gasteiger partial charge in [0.1, 0.15) is 0 Å². The van der Waals surface area contributed by atoms with Crippen molar-refractivity contribution in [1.82, 2.24) is 0 Å². The van der Waals surface area contributed by atoms with E-state index in [0.717, 1.165) is 17.2 Å². The molecule has 1 saturated carbocycles. The normalized spacial score (nSPS) is 22.9. The molecular formula is C17H23NO2. The van der Waals surface area contributed by atoms with E-state index < -0.39 is 5.97 Å². The molecule has 0 aromatic heterocycles. The third kappa shape index (κ3) is 3.62. The van der Waals surface area contributed by atoms with Gasteiger partial charge in [-0.05, 0) is 36.5 Å². The van der Waals surface area contributed by atoms with Crippen molar-refractivity contribution in [3.63, 3.8) is 0 Å². The number of carboxylic acids is 1. The van der Waals surface area contributed by atoms with E-state index in [1.54, 1.807) is 6.08 Å². The summed E-state index contributed by atoms with van der Waals surface area (Å²) in [6.07, 6.45) is 7.93. The van der Waals surface area contributed by atoms with Crippen LogP contribution in [0.3, 0.4) is 0 Å². The smallest absolute Gasteiger partial charge is 0.328 e. The maximum atomic E-state index is 10.7. The molecule has 20 heavy (non-hydrogen) atoms. The molecule has 3 heteroatoms. The quantitative estimate of drug-likeness (QED) is 0.848. The van der Waals surface area contributed by atoms with Crippen molar-refractivity contribution < 1.29 is 9.90 Å². The number of benzene rings is 1. The summed E-state index contributed by atoms with van der Waals surface area (Å²) in [5, 5.41) is 8.79. The summed E-state index contributed by atoms with van der Waals surface area (Å²) >= 11 is 0. The molecule has 1 aromatic carbocycles. The average Bonchev–Trinajstić information content (AvgIpc) is 2.44. The van der Waals surface area contributed by atoms with E-state index in [2.05, 4.69) is 24.9 Å². The van der Waals surface area contributed by atoms with Crippen LogP contribution in [-0.2, 0) is 4.79 Å². The standard InChI is InChI=1S/C17H23NO2/c1-13-6-5-8-15(12-13)18(2)16-9-4-3-7-14(16)10-11-17(19)20/h3-4,7,9-11,13,15H,5-6,8,12H2,1-2H3,(H,19,20). The van der Waals surface area contributed by atoms with Crippen molar-refractivity contribution in [2.45, 2.75) is 38.6 Å². The Labute approximate surface area is 120 Å². The van der Waals surface area contributed by atoms with E-state index in [-0.39, 0.29) is 0 Å². The number of nitrogens with zero attached hydrogens (tertiary/aromatic N) is 1. The Hall–Kier alpha value is -1.77. The number of anilines is 1. The van der Waals surface area contributed by atoms with Crippen LogP contribution >= 0.6 is 0 Å². The molecule has 0 radical (unpaired) electrons. The Morgan fingerprint density at radius 3 is 2.80 bits per heavy atom. The molecule has 2 atom stereocenters. The summed E-state index contributed by atoms with van der Waals surface area (Å²) in [6.45, 7) is 2.32. The van der Waals surface area contributed by atoms with Gasteiger partial charge in [-0.3, -0.25) is 0 Å². The molecule has 1 N–H and O–H groups in total. The lowest BCUT2D eigenvalue weighted by Crippen LogP contribution is -2.35. The summed E-state index contributed by atoms with van der Waals surface area (Å²) in [5.74, 6) is -0.133. The van der Waals surface area contributed by atoms with E-state index in [1.807, 2.05) is 18.2 Å². The van der Waals surface area contributed by atoms with Crippen LogP contribution in [0.25, 0.3) is 6.08 Å². The van der Waals surface area contributed by atoms with E-state index >= 15 is 0 Å². The molecule has 0 spiro atoms. The maximum Gasteiger partial charge on any atom is 0.328 e. The fourth-order valence-corrected chi connectivity index (χ4v) is 3.06. The van der Waals surface area contributed by atoms with Crippen LogP contribution < -0.4 is 4.90 Å². The first kappa shape index (κ1) is 14.6. The highest BCUT2D eigenvalue weighted by Gasteiger charge is 2.23. The number of carbonyl (C=O) groups is 1. The van der Waals surface area contributed by atoms with Crippen LogP contribution in [0.5, 0.6) is 0 Å². The Morgan fingerprint density at radius 2 is 2.10 bits per heavy atom. The minimum Gasteiger partial charge on any atom is -0.478 e. The monoisotopic (exact) mass is 273 g/mol. The van der Waals surface area contributed by atoms with Crippen molar-refractivity contribution in [3.05, 3.63) is 35.9 Å². The Morgan fingerprint density at radius 1 is 1.35 bits per heavy atom. The highest BCUT2D eigenvalue weighted by atomic mass is 16.4. The Balaban J connectivity index is 2.20. The zero-order valence-corrected chi connectivity index (χ0v) is 12.2. The first-order valence-corrected chi connectivity index (χ1v) is 7.31. The van der Waals surface area contributed by atoms with Crippen LogP contribution in [0, 0.1) is 5.92 Å². The van der Waals surface area contributed by atoms with Crippen LogP contribution in [-0.4, -0.2) is 24.2 Å². The SMILES string of the molecule is CC1CCCC(N(C)c2ccccc2C=CC(=O)O)C1. The topological polar surface area (TPSA) is 40.5 Å². The van der Waals surface area contributed by atoms with Crippen LogP contribution in [0.4, 0.5) is 5.69 Å². The molecule has 0 amide bonds. The molecule has 2 rings (SSSR count). The second-order valence-corrected chi connectivity index (χ2v) is 5.77. The molecular weight excluding hydrogens is 250 g/mol. The fraction of sp³-hybridized carbons (Fsp3) is 0.471. The van der Waals surface area contributed by atoms with Crippen LogP contribution in [0.2, 0.25) is 0 Å². The van der Waals surface area contributed by atoms with Gasteiger partial charge in [-0.25, -0.2) is 4.79 Å². The first-order valence-electron chi connectivity index (χ1n) is 7.31. The van der Waals surface area contributed by atoms with Crippen molar-refractivity contribution in [1.29, 1.82) is 0 Å². The van der Waals surface area contributed by atoms with E-state index in [4.69, 9.17) is 5.11 Å². The van der Waals surface area contributed by atoms with Gasteiger partial charge in [0.25, 0.3) is 0 Å².